The molecule has 0 N–H and O–H groups in total. The number of rotatable bonds is 5. The molecule has 9 aromatic carbocycles. The second-order valence-electron chi connectivity index (χ2n) is 15.4. The van der Waals surface area contributed by atoms with E-state index in [-0.39, 0.29) is 5.41 Å². The van der Waals surface area contributed by atoms with E-state index in [2.05, 4.69) is 217 Å². The van der Waals surface area contributed by atoms with Crippen molar-refractivity contribution in [3.8, 4) is 27.9 Å². The first kappa shape index (κ1) is 31.6. The van der Waals surface area contributed by atoms with Crippen LogP contribution in [0.4, 0.5) is 17.1 Å². The van der Waals surface area contributed by atoms with Gasteiger partial charge in [-0.3, -0.25) is 0 Å². The molecule has 10 aromatic rings. The van der Waals surface area contributed by atoms with Crippen molar-refractivity contribution in [2.75, 3.05) is 4.90 Å². The molecular formula is C53H38N2. The maximum atomic E-state index is 2.47. The molecule has 0 spiro atoms. The van der Waals surface area contributed by atoms with Crippen LogP contribution >= 0.6 is 0 Å². The minimum Gasteiger partial charge on any atom is -0.310 e. The Morgan fingerprint density at radius 3 is 1.91 bits per heavy atom. The largest absolute Gasteiger partial charge is 0.310 e. The van der Waals surface area contributed by atoms with Gasteiger partial charge in [0.15, 0.2) is 0 Å². The summed E-state index contributed by atoms with van der Waals surface area (Å²) in [6.45, 7) is 4.73. The second kappa shape index (κ2) is 12.1. The van der Waals surface area contributed by atoms with Crippen LogP contribution in [-0.4, -0.2) is 4.57 Å². The topological polar surface area (TPSA) is 8.17 Å². The zero-order chi connectivity index (χ0) is 36.7. The molecule has 0 saturated carbocycles. The standard InChI is InChI=1S/C53H38N2/c1-53(2)49-22-11-9-20-43(49)48-32-38-27-25-35-24-26-37(31-46(35)47(38)34-50(48)53)36-14-13-19-41(30-36)54(39-15-5-3-6-16-39)42-28-29-45-44-21-10-12-23-51(44)55(52(45)33-42)40-17-7-4-8-18-40/h3-34H,1-2H3. The first-order valence-corrected chi connectivity index (χ1v) is 19.2. The van der Waals surface area contributed by atoms with Crippen LogP contribution in [0.15, 0.2) is 194 Å². The molecule has 0 atom stereocenters. The Kier molecular flexibility index (Phi) is 6.93. The lowest BCUT2D eigenvalue weighted by molar-refractivity contribution is 0.661. The van der Waals surface area contributed by atoms with E-state index in [1.807, 2.05) is 0 Å². The van der Waals surface area contributed by atoms with E-state index in [4.69, 9.17) is 0 Å². The third-order valence-corrected chi connectivity index (χ3v) is 11.9. The van der Waals surface area contributed by atoms with Crippen LogP contribution in [0.5, 0.6) is 0 Å². The molecule has 0 saturated heterocycles. The predicted octanol–water partition coefficient (Wildman–Crippen LogP) is 14.5. The molecule has 1 heterocycles. The van der Waals surface area contributed by atoms with E-state index < -0.39 is 0 Å². The van der Waals surface area contributed by atoms with Crippen LogP contribution in [0, 0.1) is 0 Å². The third-order valence-electron chi connectivity index (χ3n) is 11.9. The SMILES string of the molecule is CC1(C)c2ccccc2-c2cc3ccc4ccc(-c5cccc(N(c6ccccc6)c6ccc7c8ccccc8n(-c8ccccc8)c7c6)c5)cc4c3cc21. The van der Waals surface area contributed by atoms with Gasteiger partial charge in [0, 0.05) is 38.9 Å². The fourth-order valence-electron chi connectivity index (χ4n) is 9.23. The van der Waals surface area contributed by atoms with Crippen molar-refractivity contribution < 1.29 is 0 Å². The Bertz CT molecular complexity index is 3120. The molecule has 0 unspecified atom stereocenters. The molecule has 2 heteroatoms. The highest BCUT2D eigenvalue weighted by atomic mass is 15.1. The second-order valence-corrected chi connectivity index (χ2v) is 15.4. The van der Waals surface area contributed by atoms with Crippen molar-refractivity contribution in [3.63, 3.8) is 0 Å². The average Bonchev–Trinajstić information content (AvgIpc) is 3.68. The molecule has 1 aliphatic carbocycles. The van der Waals surface area contributed by atoms with Gasteiger partial charge in [0.1, 0.15) is 0 Å². The highest BCUT2D eigenvalue weighted by Gasteiger charge is 2.35. The molecule has 0 radical (unpaired) electrons. The molecule has 0 bridgehead atoms. The summed E-state index contributed by atoms with van der Waals surface area (Å²) in [5.41, 5.74) is 14.8. The average molecular weight is 703 g/mol. The van der Waals surface area contributed by atoms with Crippen molar-refractivity contribution >= 4 is 60.4 Å². The molecule has 1 aliphatic rings. The molecular weight excluding hydrogens is 665 g/mol. The minimum atomic E-state index is -0.0480. The smallest absolute Gasteiger partial charge is 0.0561 e. The van der Waals surface area contributed by atoms with Gasteiger partial charge < -0.3 is 9.47 Å². The van der Waals surface area contributed by atoms with Crippen LogP contribution in [0.1, 0.15) is 25.0 Å². The van der Waals surface area contributed by atoms with Gasteiger partial charge in [-0.15, -0.1) is 0 Å². The van der Waals surface area contributed by atoms with Gasteiger partial charge in [-0.25, -0.2) is 0 Å². The summed E-state index contributed by atoms with van der Waals surface area (Å²) in [7, 11) is 0. The van der Waals surface area contributed by atoms with Gasteiger partial charge >= 0.3 is 0 Å². The lowest BCUT2D eigenvalue weighted by Crippen LogP contribution is -2.14. The number of hydrogen-bond acceptors (Lipinski definition) is 1. The highest BCUT2D eigenvalue weighted by molar-refractivity contribution is 6.12. The number of hydrogen-bond donors (Lipinski definition) is 0. The molecule has 2 nitrogen and oxygen atoms in total. The molecule has 11 rings (SSSR count). The summed E-state index contributed by atoms with van der Waals surface area (Å²) in [4.78, 5) is 2.38. The van der Waals surface area contributed by atoms with Crippen molar-refractivity contribution in [2.45, 2.75) is 19.3 Å². The normalized spacial score (nSPS) is 13.1. The summed E-state index contributed by atoms with van der Waals surface area (Å²) in [5, 5.41) is 7.63. The maximum absolute atomic E-state index is 2.47. The van der Waals surface area contributed by atoms with Crippen LogP contribution in [-0.2, 0) is 5.41 Å². The zero-order valence-electron chi connectivity index (χ0n) is 30.9. The van der Waals surface area contributed by atoms with Crippen molar-refractivity contribution in [2.24, 2.45) is 0 Å². The van der Waals surface area contributed by atoms with Gasteiger partial charge in [0.05, 0.1) is 11.0 Å². The molecule has 0 fully saturated rings. The summed E-state index contributed by atoms with van der Waals surface area (Å²) in [5.74, 6) is 0. The third kappa shape index (κ3) is 4.88. The first-order chi connectivity index (χ1) is 27.0. The number of para-hydroxylation sites is 3. The van der Waals surface area contributed by atoms with Crippen LogP contribution in [0.25, 0.3) is 71.3 Å². The number of benzene rings is 9. The molecule has 0 amide bonds. The summed E-state index contributed by atoms with van der Waals surface area (Å²) < 4.78 is 2.39. The Morgan fingerprint density at radius 1 is 0.382 bits per heavy atom. The lowest BCUT2D eigenvalue weighted by atomic mass is 9.81. The van der Waals surface area contributed by atoms with Gasteiger partial charge in [-0.05, 0) is 128 Å². The Labute approximate surface area is 321 Å². The van der Waals surface area contributed by atoms with Crippen molar-refractivity contribution in [3.05, 3.63) is 205 Å². The Hall–Kier alpha value is -6.90. The Morgan fingerprint density at radius 2 is 1.04 bits per heavy atom. The summed E-state index contributed by atoms with van der Waals surface area (Å²) in [6.07, 6.45) is 0. The van der Waals surface area contributed by atoms with Crippen LogP contribution in [0.2, 0.25) is 0 Å². The van der Waals surface area contributed by atoms with E-state index in [1.165, 1.54) is 76.7 Å². The number of nitrogens with zero attached hydrogens (tertiary/aromatic N) is 2. The quantitative estimate of drug-likeness (QED) is 0.162. The van der Waals surface area contributed by atoms with E-state index in [0.717, 1.165) is 22.7 Å². The predicted molar refractivity (Wildman–Crippen MR) is 233 cm³/mol. The zero-order valence-corrected chi connectivity index (χ0v) is 30.9. The van der Waals surface area contributed by atoms with Gasteiger partial charge in [0.25, 0.3) is 0 Å². The molecule has 260 valence electrons. The highest BCUT2D eigenvalue weighted by Crippen LogP contribution is 2.50. The van der Waals surface area contributed by atoms with Gasteiger partial charge in [-0.1, -0.05) is 135 Å². The van der Waals surface area contributed by atoms with E-state index in [0.29, 0.717) is 0 Å². The fourth-order valence-corrected chi connectivity index (χ4v) is 9.23. The number of aromatic nitrogens is 1. The van der Waals surface area contributed by atoms with E-state index >= 15 is 0 Å². The molecule has 55 heavy (non-hydrogen) atoms. The van der Waals surface area contributed by atoms with Gasteiger partial charge in [-0.2, -0.15) is 0 Å². The van der Waals surface area contributed by atoms with E-state index in [1.54, 1.807) is 0 Å². The molecule has 0 aliphatic heterocycles. The maximum Gasteiger partial charge on any atom is 0.0561 e. The van der Waals surface area contributed by atoms with Crippen molar-refractivity contribution in [1.82, 2.24) is 4.57 Å². The minimum absolute atomic E-state index is 0.0480. The lowest BCUT2D eigenvalue weighted by Gasteiger charge is -2.26. The van der Waals surface area contributed by atoms with Crippen molar-refractivity contribution in [1.29, 1.82) is 0 Å². The van der Waals surface area contributed by atoms with E-state index in [9.17, 15) is 0 Å². The molecule has 1 aromatic heterocycles. The summed E-state index contributed by atoms with van der Waals surface area (Å²) >= 11 is 0. The first-order valence-electron chi connectivity index (χ1n) is 19.2. The van der Waals surface area contributed by atoms with Crippen LogP contribution in [0.3, 0.4) is 0 Å². The summed E-state index contributed by atoms with van der Waals surface area (Å²) in [6, 6.07) is 71.4. The fraction of sp³-hybridized carbons (Fsp3) is 0.0566. The monoisotopic (exact) mass is 702 g/mol. The Balaban J connectivity index is 1.06. The van der Waals surface area contributed by atoms with Gasteiger partial charge in [0.2, 0.25) is 0 Å². The number of fused-ring (bicyclic) bond motifs is 9. The van der Waals surface area contributed by atoms with Crippen LogP contribution < -0.4 is 4.90 Å². The number of anilines is 3.